The molecule has 0 aromatic carbocycles. The van der Waals surface area contributed by atoms with Gasteiger partial charge in [-0.3, -0.25) is 0 Å². The predicted molar refractivity (Wildman–Crippen MR) is 58.9 cm³/mol. The SMILES string of the molecule is CC(C)c1noc(NC2CCCCC2)n1. The van der Waals surface area contributed by atoms with Crippen molar-refractivity contribution >= 4 is 6.01 Å². The number of hydrogen-bond donors (Lipinski definition) is 1. The summed E-state index contributed by atoms with van der Waals surface area (Å²) in [6.07, 6.45) is 6.42. The van der Waals surface area contributed by atoms with Gasteiger partial charge in [0.1, 0.15) is 0 Å². The number of nitrogens with one attached hydrogen (secondary N) is 1. The fourth-order valence-corrected chi connectivity index (χ4v) is 1.95. The monoisotopic (exact) mass is 209 g/mol. The molecular formula is C11H19N3O. The Morgan fingerprint density at radius 3 is 2.60 bits per heavy atom. The Morgan fingerprint density at radius 2 is 2.00 bits per heavy atom. The van der Waals surface area contributed by atoms with Crippen molar-refractivity contribution in [3.05, 3.63) is 5.82 Å². The van der Waals surface area contributed by atoms with E-state index in [9.17, 15) is 0 Å². The topological polar surface area (TPSA) is 51.0 Å². The van der Waals surface area contributed by atoms with Gasteiger partial charge in [0, 0.05) is 12.0 Å². The zero-order valence-electron chi connectivity index (χ0n) is 9.49. The van der Waals surface area contributed by atoms with Crippen LogP contribution in [0.2, 0.25) is 0 Å². The van der Waals surface area contributed by atoms with E-state index in [1.807, 2.05) is 0 Å². The minimum atomic E-state index is 0.329. The summed E-state index contributed by atoms with van der Waals surface area (Å²) in [5.74, 6) is 1.11. The minimum Gasteiger partial charge on any atom is -0.335 e. The molecular weight excluding hydrogens is 190 g/mol. The van der Waals surface area contributed by atoms with Gasteiger partial charge in [0.15, 0.2) is 5.82 Å². The first-order chi connectivity index (χ1) is 7.25. The standard InChI is InChI=1S/C11H19N3O/c1-8(2)10-13-11(15-14-10)12-9-6-4-3-5-7-9/h8-9H,3-7H2,1-2H3,(H,12,13,14). The first-order valence-electron chi connectivity index (χ1n) is 5.86. The second-order valence-corrected chi connectivity index (χ2v) is 4.59. The number of nitrogens with zero attached hydrogens (tertiary/aromatic N) is 2. The summed E-state index contributed by atoms with van der Waals surface area (Å²) in [6, 6.07) is 1.12. The molecule has 0 atom stereocenters. The molecule has 1 aromatic heterocycles. The fourth-order valence-electron chi connectivity index (χ4n) is 1.95. The van der Waals surface area contributed by atoms with Crippen LogP contribution in [0.3, 0.4) is 0 Å². The van der Waals surface area contributed by atoms with Gasteiger partial charge in [-0.2, -0.15) is 4.98 Å². The van der Waals surface area contributed by atoms with Crippen molar-refractivity contribution in [3.8, 4) is 0 Å². The van der Waals surface area contributed by atoms with Crippen molar-refractivity contribution in [2.24, 2.45) is 0 Å². The van der Waals surface area contributed by atoms with Gasteiger partial charge in [0.2, 0.25) is 0 Å². The molecule has 0 radical (unpaired) electrons. The highest BCUT2D eigenvalue weighted by Gasteiger charge is 2.16. The van der Waals surface area contributed by atoms with Gasteiger partial charge in [-0.15, -0.1) is 0 Å². The molecule has 4 heteroatoms. The minimum absolute atomic E-state index is 0.329. The van der Waals surface area contributed by atoms with Gasteiger partial charge in [-0.05, 0) is 12.8 Å². The molecule has 0 spiro atoms. The number of hydrogen-bond acceptors (Lipinski definition) is 4. The average molecular weight is 209 g/mol. The summed E-state index contributed by atoms with van der Waals surface area (Å²) in [7, 11) is 0. The van der Waals surface area contributed by atoms with Crippen molar-refractivity contribution in [3.63, 3.8) is 0 Å². The zero-order valence-corrected chi connectivity index (χ0v) is 9.49. The highest BCUT2D eigenvalue weighted by molar-refractivity contribution is 5.21. The van der Waals surface area contributed by atoms with Crippen molar-refractivity contribution in [2.75, 3.05) is 5.32 Å². The van der Waals surface area contributed by atoms with Crippen molar-refractivity contribution in [1.29, 1.82) is 0 Å². The third-order valence-electron chi connectivity index (χ3n) is 2.89. The van der Waals surface area contributed by atoms with E-state index in [0.717, 1.165) is 5.82 Å². The first-order valence-corrected chi connectivity index (χ1v) is 5.86. The van der Waals surface area contributed by atoms with E-state index >= 15 is 0 Å². The quantitative estimate of drug-likeness (QED) is 0.831. The lowest BCUT2D eigenvalue weighted by atomic mass is 9.96. The van der Waals surface area contributed by atoms with Crippen LogP contribution in [0.25, 0.3) is 0 Å². The summed E-state index contributed by atoms with van der Waals surface area (Å²) in [5, 5.41) is 7.25. The number of aromatic nitrogens is 2. The van der Waals surface area contributed by atoms with E-state index in [1.165, 1.54) is 32.1 Å². The predicted octanol–water partition coefficient (Wildman–Crippen LogP) is 2.94. The van der Waals surface area contributed by atoms with Crippen LogP contribution in [-0.4, -0.2) is 16.2 Å². The molecule has 2 rings (SSSR count). The Bertz CT molecular complexity index is 303. The molecule has 0 bridgehead atoms. The lowest BCUT2D eigenvalue weighted by Gasteiger charge is -2.21. The lowest BCUT2D eigenvalue weighted by Crippen LogP contribution is -2.22. The Hall–Kier alpha value is -1.06. The summed E-state index contributed by atoms with van der Waals surface area (Å²) >= 11 is 0. The molecule has 1 saturated carbocycles. The zero-order chi connectivity index (χ0) is 10.7. The average Bonchev–Trinajstić information content (AvgIpc) is 2.68. The largest absolute Gasteiger partial charge is 0.335 e. The molecule has 0 saturated heterocycles. The van der Waals surface area contributed by atoms with Crippen LogP contribution in [0, 0.1) is 0 Å². The van der Waals surface area contributed by atoms with E-state index in [0.29, 0.717) is 18.0 Å². The highest BCUT2D eigenvalue weighted by Crippen LogP contribution is 2.21. The molecule has 0 aliphatic heterocycles. The van der Waals surface area contributed by atoms with Gasteiger partial charge < -0.3 is 9.84 Å². The normalized spacial score (nSPS) is 18.3. The van der Waals surface area contributed by atoms with Gasteiger partial charge in [-0.1, -0.05) is 38.3 Å². The maximum atomic E-state index is 5.16. The van der Waals surface area contributed by atoms with E-state index in [2.05, 4.69) is 29.3 Å². The van der Waals surface area contributed by atoms with Crippen LogP contribution < -0.4 is 5.32 Å². The van der Waals surface area contributed by atoms with Crippen LogP contribution in [0.15, 0.2) is 4.52 Å². The van der Waals surface area contributed by atoms with Gasteiger partial charge in [-0.25, -0.2) is 0 Å². The Morgan fingerprint density at radius 1 is 1.27 bits per heavy atom. The summed E-state index contributed by atoms with van der Waals surface area (Å²) < 4.78 is 5.16. The van der Waals surface area contributed by atoms with Crippen molar-refractivity contribution in [2.45, 2.75) is 57.9 Å². The molecule has 1 aliphatic carbocycles. The van der Waals surface area contributed by atoms with E-state index in [1.54, 1.807) is 0 Å². The second-order valence-electron chi connectivity index (χ2n) is 4.59. The lowest BCUT2D eigenvalue weighted by molar-refractivity contribution is 0.400. The van der Waals surface area contributed by atoms with Gasteiger partial charge >= 0.3 is 6.01 Å². The van der Waals surface area contributed by atoms with E-state index in [-0.39, 0.29) is 0 Å². The summed E-state index contributed by atoms with van der Waals surface area (Å²) in [4.78, 5) is 4.31. The second kappa shape index (κ2) is 4.64. The highest BCUT2D eigenvalue weighted by atomic mass is 16.5. The Kier molecular flexibility index (Phi) is 3.23. The molecule has 1 fully saturated rings. The maximum absolute atomic E-state index is 5.16. The molecule has 1 aliphatic rings. The molecule has 1 heterocycles. The molecule has 0 unspecified atom stereocenters. The molecule has 84 valence electrons. The van der Waals surface area contributed by atoms with Crippen LogP contribution in [0.5, 0.6) is 0 Å². The number of anilines is 1. The van der Waals surface area contributed by atoms with Crippen molar-refractivity contribution < 1.29 is 4.52 Å². The number of rotatable bonds is 3. The molecule has 1 aromatic rings. The van der Waals surface area contributed by atoms with E-state index in [4.69, 9.17) is 4.52 Å². The van der Waals surface area contributed by atoms with Gasteiger partial charge in [0.05, 0.1) is 0 Å². The first kappa shape index (κ1) is 10.5. The molecule has 0 amide bonds. The molecule has 15 heavy (non-hydrogen) atoms. The summed E-state index contributed by atoms with van der Waals surface area (Å²) in [6.45, 7) is 4.13. The Balaban J connectivity index is 1.91. The van der Waals surface area contributed by atoms with Crippen LogP contribution in [0.4, 0.5) is 6.01 Å². The fraction of sp³-hybridized carbons (Fsp3) is 0.818. The summed E-state index contributed by atoms with van der Waals surface area (Å²) in [5.41, 5.74) is 0. The van der Waals surface area contributed by atoms with Crippen LogP contribution in [-0.2, 0) is 0 Å². The van der Waals surface area contributed by atoms with Crippen LogP contribution >= 0.6 is 0 Å². The maximum Gasteiger partial charge on any atom is 0.321 e. The van der Waals surface area contributed by atoms with Crippen LogP contribution in [0.1, 0.15) is 57.7 Å². The third kappa shape index (κ3) is 2.70. The van der Waals surface area contributed by atoms with E-state index < -0.39 is 0 Å². The molecule has 4 nitrogen and oxygen atoms in total. The smallest absolute Gasteiger partial charge is 0.321 e. The Labute approximate surface area is 90.4 Å². The molecule has 1 N–H and O–H groups in total. The van der Waals surface area contributed by atoms with Gasteiger partial charge in [0.25, 0.3) is 0 Å². The van der Waals surface area contributed by atoms with Crippen molar-refractivity contribution in [1.82, 2.24) is 10.1 Å². The third-order valence-corrected chi connectivity index (χ3v) is 2.89.